The molecule has 94 valence electrons. The number of ketones is 1. The molecule has 1 rings (SSSR count). The van der Waals surface area contributed by atoms with Crippen LogP contribution in [0.5, 0.6) is 0 Å². The molecule has 0 radical (unpaired) electrons. The summed E-state index contributed by atoms with van der Waals surface area (Å²) in [5.74, 6) is -0.265. The van der Waals surface area contributed by atoms with E-state index < -0.39 is 0 Å². The standard InChI is InChI=1S/C12H19N3O2/c1-5-10-9(7-15(4)14-10)12(17)13-6-11(16)8(2)3/h7-8H,5-6H2,1-4H3,(H,13,17). The smallest absolute Gasteiger partial charge is 0.255 e. The SMILES string of the molecule is CCc1nn(C)cc1C(=O)NCC(=O)C(C)C. The largest absolute Gasteiger partial charge is 0.345 e. The summed E-state index contributed by atoms with van der Waals surface area (Å²) in [7, 11) is 1.77. The van der Waals surface area contributed by atoms with Crippen molar-refractivity contribution in [1.29, 1.82) is 0 Å². The number of carbonyl (C=O) groups is 2. The number of aryl methyl sites for hydroxylation is 2. The normalized spacial score (nSPS) is 10.6. The Morgan fingerprint density at radius 1 is 1.47 bits per heavy atom. The number of rotatable bonds is 5. The Morgan fingerprint density at radius 3 is 2.65 bits per heavy atom. The molecule has 0 bridgehead atoms. The van der Waals surface area contributed by atoms with Gasteiger partial charge in [-0.05, 0) is 6.42 Å². The molecule has 0 atom stereocenters. The average molecular weight is 237 g/mol. The first-order chi connectivity index (χ1) is 7.95. The second-order valence-corrected chi connectivity index (χ2v) is 4.32. The van der Waals surface area contributed by atoms with Crippen molar-refractivity contribution in [2.45, 2.75) is 27.2 Å². The summed E-state index contributed by atoms with van der Waals surface area (Å²) in [6.45, 7) is 5.65. The molecule has 1 amide bonds. The summed E-state index contributed by atoms with van der Waals surface area (Å²) in [6.07, 6.45) is 2.37. The molecule has 0 saturated heterocycles. The second kappa shape index (κ2) is 5.61. The zero-order valence-corrected chi connectivity index (χ0v) is 10.8. The Kier molecular flexibility index (Phi) is 4.43. The van der Waals surface area contributed by atoms with Gasteiger partial charge in [0.15, 0.2) is 5.78 Å². The van der Waals surface area contributed by atoms with E-state index in [2.05, 4.69) is 10.4 Å². The molecule has 0 unspecified atom stereocenters. The number of Topliss-reactive ketones (excluding diaryl/α,β-unsaturated/α-hetero) is 1. The number of amides is 1. The summed E-state index contributed by atoms with van der Waals surface area (Å²) in [5, 5.41) is 6.81. The van der Waals surface area contributed by atoms with E-state index in [0.717, 1.165) is 5.69 Å². The van der Waals surface area contributed by atoms with Crippen LogP contribution >= 0.6 is 0 Å². The lowest BCUT2D eigenvalue weighted by Crippen LogP contribution is -2.31. The maximum absolute atomic E-state index is 11.8. The molecular weight excluding hydrogens is 218 g/mol. The Labute approximate surface area is 101 Å². The number of hydrogen-bond acceptors (Lipinski definition) is 3. The summed E-state index contributed by atoms with van der Waals surface area (Å²) >= 11 is 0. The van der Waals surface area contributed by atoms with Crippen LogP contribution in [-0.2, 0) is 18.3 Å². The molecule has 0 aromatic carbocycles. The van der Waals surface area contributed by atoms with Gasteiger partial charge in [-0.2, -0.15) is 5.10 Å². The fourth-order valence-electron chi connectivity index (χ4n) is 1.45. The molecule has 1 heterocycles. The Balaban J connectivity index is 2.67. The van der Waals surface area contributed by atoms with Crippen LogP contribution in [-0.4, -0.2) is 28.0 Å². The topological polar surface area (TPSA) is 64.0 Å². The minimum absolute atomic E-state index is 0.0280. The molecule has 5 heteroatoms. The van der Waals surface area contributed by atoms with Crippen molar-refractivity contribution >= 4 is 11.7 Å². The van der Waals surface area contributed by atoms with E-state index in [1.165, 1.54) is 0 Å². The molecule has 17 heavy (non-hydrogen) atoms. The fourth-order valence-corrected chi connectivity index (χ4v) is 1.45. The molecular formula is C12H19N3O2. The van der Waals surface area contributed by atoms with Crippen molar-refractivity contribution in [3.05, 3.63) is 17.5 Å². The maximum atomic E-state index is 11.8. The van der Waals surface area contributed by atoms with Crippen LogP contribution in [0, 0.1) is 5.92 Å². The van der Waals surface area contributed by atoms with E-state index in [1.807, 2.05) is 20.8 Å². The van der Waals surface area contributed by atoms with Gasteiger partial charge < -0.3 is 5.32 Å². The van der Waals surface area contributed by atoms with Crippen LogP contribution in [0.3, 0.4) is 0 Å². The Hall–Kier alpha value is -1.65. The predicted molar refractivity (Wildman–Crippen MR) is 64.8 cm³/mol. The summed E-state index contributed by atoms with van der Waals surface area (Å²) in [4.78, 5) is 23.3. The Bertz CT molecular complexity index is 421. The maximum Gasteiger partial charge on any atom is 0.255 e. The predicted octanol–water partition coefficient (Wildman–Crippen LogP) is 0.937. The third kappa shape index (κ3) is 3.41. The van der Waals surface area contributed by atoms with Gasteiger partial charge in [-0.1, -0.05) is 20.8 Å². The van der Waals surface area contributed by atoms with Gasteiger partial charge in [0, 0.05) is 19.2 Å². The van der Waals surface area contributed by atoms with E-state index in [1.54, 1.807) is 17.9 Å². The number of aromatic nitrogens is 2. The quantitative estimate of drug-likeness (QED) is 0.828. The summed E-state index contributed by atoms with van der Waals surface area (Å²) < 4.78 is 1.61. The summed E-state index contributed by atoms with van der Waals surface area (Å²) in [6, 6.07) is 0. The highest BCUT2D eigenvalue weighted by Gasteiger charge is 2.15. The van der Waals surface area contributed by atoms with Crippen molar-refractivity contribution in [1.82, 2.24) is 15.1 Å². The van der Waals surface area contributed by atoms with Crippen LogP contribution in [0.1, 0.15) is 36.8 Å². The van der Waals surface area contributed by atoms with Crippen LogP contribution < -0.4 is 5.32 Å². The minimum atomic E-state index is -0.232. The van der Waals surface area contributed by atoms with Gasteiger partial charge in [0.05, 0.1) is 17.8 Å². The first kappa shape index (κ1) is 13.4. The van der Waals surface area contributed by atoms with Gasteiger partial charge in [0.2, 0.25) is 0 Å². The van der Waals surface area contributed by atoms with Gasteiger partial charge in [-0.25, -0.2) is 0 Å². The van der Waals surface area contributed by atoms with Crippen LogP contribution in [0.15, 0.2) is 6.20 Å². The van der Waals surface area contributed by atoms with E-state index in [4.69, 9.17) is 0 Å². The third-order valence-electron chi connectivity index (χ3n) is 2.55. The molecule has 1 aromatic heterocycles. The lowest BCUT2D eigenvalue weighted by molar-refractivity contribution is -0.120. The van der Waals surface area contributed by atoms with E-state index >= 15 is 0 Å². The second-order valence-electron chi connectivity index (χ2n) is 4.32. The molecule has 1 aromatic rings. The number of hydrogen-bond donors (Lipinski definition) is 1. The van der Waals surface area contributed by atoms with Gasteiger partial charge in [0.1, 0.15) is 0 Å². The highest BCUT2D eigenvalue weighted by molar-refractivity contribution is 5.97. The van der Waals surface area contributed by atoms with E-state index in [-0.39, 0.29) is 24.2 Å². The van der Waals surface area contributed by atoms with Gasteiger partial charge in [-0.3, -0.25) is 14.3 Å². The fraction of sp³-hybridized carbons (Fsp3) is 0.583. The third-order valence-corrected chi connectivity index (χ3v) is 2.55. The monoisotopic (exact) mass is 237 g/mol. The lowest BCUT2D eigenvalue weighted by Gasteiger charge is -2.06. The van der Waals surface area contributed by atoms with Crippen molar-refractivity contribution in [2.24, 2.45) is 13.0 Å². The van der Waals surface area contributed by atoms with Crippen molar-refractivity contribution in [2.75, 3.05) is 6.54 Å². The average Bonchev–Trinajstić information content (AvgIpc) is 2.66. The Morgan fingerprint density at radius 2 is 2.12 bits per heavy atom. The highest BCUT2D eigenvalue weighted by Crippen LogP contribution is 2.06. The molecule has 0 spiro atoms. The zero-order valence-electron chi connectivity index (χ0n) is 10.8. The molecule has 5 nitrogen and oxygen atoms in total. The van der Waals surface area contributed by atoms with Crippen LogP contribution in [0.25, 0.3) is 0 Å². The molecule has 0 aliphatic heterocycles. The number of nitrogens with one attached hydrogen (secondary N) is 1. The van der Waals surface area contributed by atoms with Gasteiger partial charge in [0.25, 0.3) is 5.91 Å². The molecule has 1 N–H and O–H groups in total. The van der Waals surface area contributed by atoms with Gasteiger partial charge in [-0.15, -0.1) is 0 Å². The highest BCUT2D eigenvalue weighted by atomic mass is 16.2. The lowest BCUT2D eigenvalue weighted by atomic mass is 10.1. The zero-order chi connectivity index (χ0) is 13.0. The van der Waals surface area contributed by atoms with Crippen LogP contribution in [0.2, 0.25) is 0 Å². The van der Waals surface area contributed by atoms with E-state index in [9.17, 15) is 9.59 Å². The molecule has 0 aliphatic rings. The minimum Gasteiger partial charge on any atom is -0.345 e. The van der Waals surface area contributed by atoms with Crippen molar-refractivity contribution in [3.63, 3.8) is 0 Å². The van der Waals surface area contributed by atoms with Gasteiger partial charge >= 0.3 is 0 Å². The first-order valence-corrected chi connectivity index (χ1v) is 5.79. The number of nitrogens with zero attached hydrogens (tertiary/aromatic N) is 2. The number of carbonyl (C=O) groups excluding carboxylic acids is 2. The molecule has 0 aliphatic carbocycles. The van der Waals surface area contributed by atoms with Crippen molar-refractivity contribution in [3.8, 4) is 0 Å². The van der Waals surface area contributed by atoms with Crippen LogP contribution in [0.4, 0.5) is 0 Å². The first-order valence-electron chi connectivity index (χ1n) is 5.79. The van der Waals surface area contributed by atoms with Crippen molar-refractivity contribution < 1.29 is 9.59 Å². The summed E-state index contributed by atoms with van der Waals surface area (Å²) in [5.41, 5.74) is 1.30. The molecule has 0 saturated carbocycles. The van der Waals surface area contributed by atoms with E-state index in [0.29, 0.717) is 12.0 Å². The molecule has 0 fully saturated rings.